The number of aliphatic carboxylic acids is 2. The van der Waals surface area contributed by atoms with Gasteiger partial charge in [-0.3, -0.25) is 14.4 Å². The lowest BCUT2D eigenvalue weighted by Crippen LogP contribution is -2.53. The van der Waals surface area contributed by atoms with E-state index in [1.165, 1.54) is 0 Å². The summed E-state index contributed by atoms with van der Waals surface area (Å²) in [5.41, 5.74) is 5.89. The Bertz CT molecular complexity index is 620. The van der Waals surface area contributed by atoms with Gasteiger partial charge in [-0.15, -0.1) is 0 Å². The molecule has 2 amide bonds. The molecule has 0 bridgehead atoms. The largest absolute Gasteiger partial charge is 0.481 e. The molecule has 0 aliphatic rings. The minimum Gasteiger partial charge on any atom is -0.481 e. The lowest BCUT2D eigenvalue weighted by atomic mass is 10.0. The number of hydrogen-bond acceptors (Lipinski definition) is 5. The van der Waals surface area contributed by atoms with E-state index in [0.29, 0.717) is 5.56 Å². The third-order valence-electron chi connectivity index (χ3n) is 3.38. The molecule has 6 N–H and O–H groups in total. The van der Waals surface area contributed by atoms with Crippen LogP contribution in [0.5, 0.6) is 0 Å². The maximum Gasteiger partial charge on any atom is 0.326 e. The molecule has 2 atom stereocenters. The maximum atomic E-state index is 12.3. The fourth-order valence-corrected chi connectivity index (χ4v) is 2.11. The molecule has 136 valence electrons. The van der Waals surface area contributed by atoms with Crippen LogP contribution in [0.3, 0.4) is 0 Å². The van der Waals surface area contributed by atoms with E-state index < -0.39 is 35.8 Å². The first-order chi connectivity index (χ1) is 11.8. The van der Waals surface area contributed by atoms with Gasteiger partial charge in [-0.25, -0.2) is 4.79 Å². The number of carboxylic acids is 2. The summed E-state index contributed by atoms with van der Waals surface area (Å²) in [5.74, 6) is -3.79. The SMILES string of the molecule is NCC(=O)NC(CCC(=O)O)C(=O)NC(Cc1ccccc1)C(=O)O. The normalized spacial score (nSPS) is 12.7. The van der Waals surface area contributed by atoms with Crippen LogP contribution in [0.2, 0.25) is 0 Å². The number of rotatable bonds is 10. The Morgan fingerprint density at radius 3 is 2.16 bits per heavy atom. The zero-order valence-corrected chi connectivity index (χ0v) is 13.5. The molecular weight excluding hydrogens is 330 g/mol. The smallest absolute Gasteiger partial charge is 0.326 e. The number of amides is 2. The Balaban J connectivity index is 2.79. The number of carboxylic acid groups (broad SMARTS) is 2. The minimum absolute atomic E-state index is 0.0540. The number of carbonyl (C=O) groups excluding carboxylic acids is 2. The van der Waals surface area contributed by atoms with Gasteiger partial charge in [0.1, 0.15) is 12.1 Å². The predicted octanol–water partition coefficient (Wildman–Crippen LogP) is -0.893. The van der Waals surface area contributed by atoms with Gasteiger partial charge in [-0.2, -0.15) is 0 Å². The summed E-state index contributed by atoms with van der Waals surface area (Å²) in [6.07, 6.45) is -0.484. The zero-order chi connectivity index (χ0) is 18.8. The van der Waals surface area contributed by atoms with Crippen LogP contribution in [0, 0.1) is 0 Å². The molecular formula is C16H21N3O6. The van der Waals surface area contributed by atoms with Gasteiger partial charge < -0.3 is 26.6 Å². The van der Waals surface area contributed by atoms with Crippen LogP contribution in [0.4, 0.5) is 0 Å². The van der Waals surface area contributed by atoms with Crippen LogP contribution in [-0.2, 0) is 25.6 Å². The minimum atomic E-state index is -1.24. The van der Waals surface area contributed by atoms with Gasteiger partial charge in [0.2, 0.25) is 11.8 Å². The van der Waals surface area contributed by atoms with Gasteiger partial charge >= 0.3 is 11.9 Å². The van der Waals surface area contributed by atoms with E-state index in [1.54, 1.807) is 30.3 Å². The molecule has 1 rings (SSSR count). The van der Waals surface area contributed by atoms with Crippen molar-refractivity contribution in [3.8, 4) is 0 Å². The first kappa shape index (κ1) is 20.1. The molecule has 2 unspecified atom stereocenters. The molecule has 0 aliphatic heterocycles. The van der Waals surface area contributed by atoms with Crippen molar-refractivity contribution in [3.63, 3.8) is 0 Å². The third kappa shape index (κ3) is 7.44. The fraction of sp³-hybridized carbons (Fsp3) is 0.375. The molecule has 9 nitrogen and oxygen atoms in total. The lowest BCUT2D eigenvalue weighted by Gasteiger charge is -2.21. The Morgan fingerprint density at radius 1 is 1.00 bits per heavy atom. The molecule has 0 aromatic heterocycles. The van der Waals surface area contributed by atoms with E-state index in [9.17, 15) is 24.3 Å². The van der Waals surface area contributed by atoms with E-state index in [2.05, 4.69) is 10.6 Å². The second kappa shape index (κ2) is 10.0. The van der Waals surface area contributed by atoms with Gasteiger partial charge in [-0.05, 0) is 12.0 Å². The summed E-state index contributed by atoms with van der Waals surface area (Å²) < 4.78 is 0. The van der Waals surface area contributed by atoms with Gasteiger partial charge in [0.15, 0.2) is 0 Å². The summed E-state index contributed by atoms with van der Waals surface area (Å²) in [7, 11) is 0. The molecule has 0 saturated heterocycles. The highest BCUT2D eigenvalue weighted by molar-refractivity contribution is 5.91. The predicted molar refractivity (Wildman–Crippen MR) is 87.6 cm³/mol. The van der Waals surface area contributed by atoms with Crippen molar-refractivity contribution < 1.29 is 29.4 Å². The molecule has 0 saturated carbocycles. The Kier molecular flexibility index (Phi) is 8.07. The zero-order valence-electron chi connectivity index (χ0n) is 13.5. The first-order valence-electron chi connectivity index (χ1n) is 7.61. The van der Waals surface area contributed by atoms with Gasteiger partial charge in [0, 0.05) is 12.8 Å². The first-order valence-corrected chi connectivity index (χ1v) is 7.61. The molecule has 1 aromatic rings. The van der Waals surface area contributed by atoms with Crippen LogP contribution in [0.15, 0.2) is 30.3 Å². The molecule has 25 heavy (non-hydrogen) atoms. The number of carbonyl (C=O) groups is 4. The van der Waals surface area contributed by atoms with E-state index in [0.717, 1.165) is 0 Å². The van der Waals surface area contributed by atoms with E-state index in [4.69, 9.17) is 10.8 Å². The summed E-state index contributed by atoms with van der Waals surface area (Å²) >= 11 is 0. The highest BCUT2D eigenvalue weighted by Crippen LogP contribution is 2.05. The standard InChI is InChI=1S/C16H21N3O6/c17-9-13(20)18-11(6-7-14(21)22)15(23)19-12(16(24)25)8-10-4-2-1-3-5-10/h1-5,11-12H,6-9,17H2,(H,18,20)(H,19,23)(H,21,22)(H,24,25). The molecule has 0 aliphatic carbocycles. The van der Waals surface area contributed by atoms with Gasteiger partial charge in [-0.1, -0.05) is 30.3 Å². The Morgan fingerprint density at radius 2 is 1.64 bits per heavy atom. The van der Waals surface area contributed by atoms with Crippen molar-refractivity contribution in [2.75, 3.05) is 6.54 Å². The summed E-state index contributed by atoms with van der Waals surface area (Å²) in [6, 6.07) is 6.32. The molecule has 0 fully saturated rings. The second-order valence-corrected chi connectivity index (χ2v) is 5.35. The third-order valence-corrected chi connectivity index (χ3v) is 3.38. The second-order valence-electron chi connectivity index (χ2n) is 5.35. The number of nitrogens with one attached hydrogen (secondary N) is 2. The molecule has 0 heterocycles. The van der Waals surface area contributed by atoms with Crippen molar-refractivity contribution in [2.45, 2.75) is 31.3 Å². The summed E-state index contributed by atoms with van der Waals surface area (Å²) in [5, 5.41) is 22.7. The fourth-order valence-electron chi connectivity index (χ4n) is 2.11. The monoisotopic (exact) mass is 351 g/mol. The maximum absolute atomic E-state index is 12.3. The number of nitrogens with two attached hydrogens (primary N) is 1. The number of hydrogen-bond donors (Lipinski definition) is 5. The lowest BCUT2D eigenvalue weighted by molar-refractivity contribution is -0.142. The van der Waals surface area contributed by atoms with Crippen molar-refractivity contribution in [2.24, 2.45) is 5.73 Å². The van der Waals surface area contributed by atoms with E-state index in [-0.39, 0.29) is 25.8 Å². The number of benzene rings is 1. The summed E-state index contributed by atoms with van der Waals surface area (Å²) in [4.78, 5) is 45.8. The summed E-state index contributed by atoms with van der Waals surface area (Å²) in [6.45, 7) is -0.372. The molecule has 0 spiro atoms. The molecule has 0 radical (unpaired) electrons. The Hall–Kier alpha value is -2.94. The van der Waals surface area contributed by atoms with Crippen molar-refractivity contribution in [3.05, 3.63) is 35.9 Å². The highest BCUT2D eigenvalue weighted by atomic mass is 16.4. The highest BCUT2D eigenvalue weighted by Gasteiger charge is 2.26. The molecule has 1 aromatic carbocycles. The average molecular weight is 351 g/mol. The van der Waals surface area contributed by atoms with Crippen molar-refractivity contribution in [1.29, 1.82) is 0 Å². The molecule has 9 heteroatoms. The van der Waals surface area contributed by atoms with Crippen LogP contribution < -0.4 is 16.4 Å². The van der Waals surface area contributed by atoms with Crippen LogP contribution in [-0.4, -0.2) is 52.6 Å². The van der Waals surface area contributed by atoms with Gasteiger partial charge in [0.25, 0.3) is 0 Å². The quantitative estimate of drug-likeness (QED) is 0.365. The van der Waals surface area contributed by atoms with Crippen LogP contribution in [0.1, 0.15) is 18.4 Å². The van der Waals surface area contributed by atoms with Crippen molar-refractivity contribution >= 4 is 23.8 Å². The Labute approximate surface area is 144 Å². The topological polar surface area (TPSA) is 159 Å². The van der Waals surface area contributed by atoms with E-state index >= 15 is 0 Å². The van der Waals surface area contributed by atoms with Crippen LogP contribution >= 0.6 is 0 Å². The van der Waals surface area contributed by atoms with Crippen LogP contribution in [0.25, 0.3) is 0 Å². The van der Waals surface area contributed by atoms with E-state index in [1.807, 2.05) is 0 Å². The van der Waals surface area contributed by atoms with Gasteiger partial charge in [0.05, 0.1) is 6.54 Å². The average Bonchev–Trinajstić information content (AvgIpc) is 2.58. The van der Waals surface area contributed by atoms with Crippen molar-refractivity contribution in [1.82, 2.24) is 10.6 Å².